The molecule has 2 aromatic carbocycles. The molecule has 2 fully saturated rings. The topological polar surface area (TPSA) is 102 Å². The number of benzene rings is 2. The summed E-state index contributed by atoms with van der Waals surface area (Å²) in [5, 5.41) is 19.1. The Morgan fingerprint density at radius 3 is 2.84 bits per heavy atom. The third-order valence-corrected chi connectivity index (χ3v) is 6.84. The number of halogens is 1. The van der Waals surface area contributed by atoms with Gasteiger partial charge in [0.05, 0.1) is 11.3 Å². The Labute approximate surface area is 192 Å². The fourth-order valence-corrected chi connectivity index (χ4v) is 4.98. The summed E-state index contributed by atoms with van der Waals surface area (Å²) in [6, 6.07) is 13.3. The average Bonchev–Trinajstić information content (AvgIpc) is 3.22. The van der Waals surface area contributed by atoms with E-state index in [0.29, 0.717) is 17.0 Å². The number of hydrogen-bond acceptors (Lipinski definition) is 6. The minimum atomic E-state index is -0.131. The van der Waals surface area contributed by atoms with Gasteiger partial charge in [0.25, 0.3) is 5.91 Å². The number of oxime groups is 1. The Morgan fingerprint density at radius 2 is 2.06 bits per heavy atom. The number of hydrogen-bond donors (Lipinski definition) is 3. The number of likely N-dealkylation sites (tertiary alicyclic amines) is 1. The van der Waals surface area contributed by atoms with Crippen LogP contribution in [0.2, 0.25) is 0 Å². The predicted molar refractivity (Wildman–Crippen MR) is 125 cm³/mol. The van der Waals surface area contributed by atoms with Crippen molar-refractivity contribution in [3.05, 3.63) is 58.1 Å². The molecule has 0 bridgehead atoms. The first-order valence-electron chi connectivity index (χ1n) is 10.4. The van der Waals surface area contributed by atoms with E-state index >= 15 is 0 Å². The summed E-state index contributed by atoms with van der Waals surface area (Å²) in [7, 11) is 0. The van der Waals surface area contributed by atoms with Gasteiger partial charge in [0.2, 0.25) is 0 Å². The minimum absolute atomic E-state index is 0.00779. The molecule has 3 N–H and O–H groups in total. The third kappa shape index (κ3) is 3.03. The molecule has 3 aromatic rings. The van der Waals surface area contributed by atoms with Crippen LogP contribution in [0, 0.1) is 5.41 Å². The molecule has 0 saturated carbocycles. The number of aromatic amines is 1. The van der Waals surface area contributed by atoms with Crippen molar-refractivity contribution in [2.24, 2.45) is 15.6 Å². The van der Waals surface area contributed by atoms with Crippen LogP contribution < -0.4 is 5.32 Å². The van der Waals surface area contributed by atoms with E-state index in [0.717, 1.165) is 52.8 Å². The van der Waals surface area contributed by atoms with Gasteiger partial charge < -0.3 is 25.1 Å². The molecule has 162 valence electrons. The summed E-state index contributed by atoms with van der Waals surface area (Å²) >= 11 is 3.49. The molecule has 6 rings (SSSR count). The number of aliphatic imine (C=N–C) groups is 1. The molecule has 3 aliphatic heterocycles. The monoisotopic (exact) mass is 493 g/mol. The molecule has 8 nitrogen and oxygen atoms in total. The van der Waals surface area contributed by atoms with Gasteiger partial charge in [-0.1, -0.05) is 39.3 Å². The van der Waals surface area contributed by atoms with E-state index < -0.39 is 0 Å². The molecule has 4 heterocycles. The number of aromatic hydroxyl groups is 1. The van der Waals surface area contributed by atoms with Gasteiger partial charge in [0, 0.05) is 52.5 Å². The van der Waals surface area contributed by atoms with Crippen molar-refractivity contribution in [3.8, 4) is 5.88 Å². The largest absolute Gasteiger partial charge is 0.494 e. The summed E-state index contributed by atoms with van der Waals surface area (Å²) in [5.41, 5.74) is 4.13. The minimum Gasteiger partial charge on any atom is -0.494 e. The van der Waals surface area contributed by atoms with Crippen molar-refractivity contribution in [1.82, 2.24) is 15.2 Å². The van der Waals surface area contributed by atoms with Gasteiger partial charge in [-0.2, -0.15) is 0 Å². The second kappa shape index (κ2) is 7.18. The zero-order valence-corrected chi connectivity index (χ0v) is 18.6. The Hall–Kier alpha value is -3.17. The number of H-pyrrole nitrogens is 1. The quantitative estimate of drug-likeness (QED) is 0.486. The van der Waals surface area contributed by atoms with Gasteiger partial charge in [0.15, 0.2) is 12.5 Å². The maximum Gasteiger partial charge on any atom is 0.263 e. The zero-order valence-electron chi connectivity index (χ0n) is 17.1. The fraction of sp³-hybridized carbons (Fsp3) is 0.261. The van der Waals surface area contributed by atoms with Crippen molar-refractivity contribution in [1.29, 1.82) is 0 Å². The SMILES string of the molecule is O=C(CON=C1C(c2c(O)[nH]c3ccc(Br)cc23)=Nc2ccccc21)N1CC2(CNC2)C1. The third-order valence-electron chi connectivity index (χ3n) is 6.34. The molecular weight excluding hydrogens is 474 g/mol. The number of nitrogens with zero attached hydrogens (tertiary/aromatic N) is 3. The summed E-state index contributed by atoms with van der Waals surface area (Å²) < 4.78 is 0.885. The van der Waals surface area contributed by atoms with Crippen LogP contribution in [0.5, 0.6) is 5.88 Å². The number of nitrogens with one attached hydrogen (secondary N) is 2. The number of fused-ring (bicyclic) bond motifs is 2. The van der Waals surface area contributed by atoms with E-state index in [2.05, 4.69) is 31.4 Å². The maximum absolute atomic E-state index is 12.5. The lowest BCUT2D eigenvalue weighted by molar-refractivity contribution is -0.151. The first-order chi connectivity index (χ1) is 15.5. The van der Waals surface area contributed by atoms with Gasteiger partial charge in [-0.3, -0.25) is 4.79 Å². The molecule has 1 aromatic heterocycles. The van der Waals surface area contributed by atoms with E-state index in [1.165, 1.54) is 0 Å². The van der Waals surface area contributed by atoms with Gasteiger partial charge in [-0.25, -0.2) is 4.99 Å². The normalized spacial score (nSPS) is 19.6. The van der Waals surface area contributed by atoms with Crippen LogP contribution in [-0.4, -0.2) is 65.1 Å². The second-order valence-electron chi connectivity index (χ2n) is 8.58. The van der Waals surface area contributed by atoms with Crippen LogP contribution in [0.1, 0.15) is 11.1 Å². The van der Waals surface area contributed by atoms with Crippen LogP contribution in [0.25, 0.3) is 10.9 Å². The molecule has 32 heavy (non-hydrogen) atoms. The van der Waals surface area contributed by atoms with Gasteiger partial charge >= 0.3 is 0 Å². The van der Waals surface area contributed by atoms with E-state index in [-0.39, 0.29) is 23.8 Å². The van der Waals surface area contributed by atoms with E-state index in [1.54, 1.807) is 0 Å². The summed E-state index contributed by atoms with van der Waals surface area (Å²) in [5.74, 6) is -0.0658. The maximum atomic E-state index is 12.5. The van der Waals surface area contributed by atoms with Crippen molar-refractivity contribution in [2.45, 2.75) is 0 Å². The van der Waals surface area contributed by atoms with Crippen molar-refractivity contribution >= 4 is 49.9 Å². The lowest BCUT2D eigenvalue weighted by Crippen LogP contribution is -2.72. The number of carbonyl (C=O) groups is 1. The Balaban J connectivity index is 1.29. The fourth-order valence-electron chi connectivity index (χ4n) is 4.61. The summed E-state index contributed by atoms with van der Waals surface area (Å²) in [6.45, 7) is 3.36. The van der Waals surface area contributed by atoms with Crippen LogP contribution in [0.15, 0.2) is 57.1 Å². The van der Waals surface area contributed by atoms with E-state index in [4.69, 9.17) is 9.83 Å². The van der Waals surface area contributed by atoms with Crippen molar-refractivity contribution < 1.29 is 14.7 Å². The number of rotatable bonds is 4. The van der Waals surface area contributed by atoms with Gasteiger partial charge in [-0.05, 0) is 24.3 Å². The molecule has 0 unspecified atom stereocenters. The zero-order chi connectivity index (χ0) is 21.9. The lowest BCUT2D eigenvalue weighted by Gasteiger charge is -2.55. The number of amides is 1. The summed E-state index contributed by atoms with van der Waals surface area (Å²) in [4.78, 5) is 27.5. The first kappa shape index (κ1) is 19.5. The molecule has 0 radical (unpaired) electrons. The number of carbonyl (C=O) groups excluding carboxylic acids is 1. The highest BCUT2D eigenvalue weighted by molar-refractivity contribution is 9.10. The predicted octanol–water partition coefficient (Wildman–Crippen LogP) is 2.92. The molecular formula is C23H20BrN5O3. The first-order valence-corrected chi connectivity index (χ1v) is 11.2. The van der Waals surface area contributed by atoms with E-state index in [1.807, 2.05) is 47.4 Å². The van der Waals surface area contributed by atoms with Gasteiger partial charge in [0.1, 0.15) is 11.4 Å². The van der Waals surface area contributed by atoms with Crippen molar-refractivity contribution in [3.63, 3.8) is 0 Å². The Bertz CT molecular complexity index is 1320. The van der Waals surface area contributed by atoms with Crippen LogP contribution in [0.4, 0.5) is 5.69 Å². The molecule has 3 aliphatic rings. The highest BCUT2D eigenvalue weighted by Crippen LogP contribution is 2.37. The number of aromatic nitrogens is 1. The Morgan fingerprint density at radius 1 is 1.25 bits per heavy atom. The molecule has 1 spiro atoms. The average molecular weight is 494 g/mol. The molecule has 0 aliphatic carbocycles. The molecule has 1 amide bonds. The lowest BCUT2D eigenvalue weighted by atomic mass is 9.74. The second-order valence-corrected chi connectivity index (χ2v) is 9.50. The van der Waals surface area contributed by atoms with Gasteiger partial charge in [-0.15, -0.1) is 0 Å². The molecule has 0 atom stereocenters. The smallest absolute Gasteiger partial charge is 0.263 e. The highest BCUT2D eigenvalue weighted by Gasteiger charge is 2.49. The molecule has 9 heteroatoms. The standard InChI is InChI=1S/C23H20BrN5O3/c24-13-5-6-17-15(7-13)19(22(31)27-17)21-20(14-3-1-2-4-16(14)26-21)28-32-8-18(30)29-11-23(12-29)9-25-10-23/h1-7,25,27,31H,8-12H2. The van der Waals surface area contributed by atoms with Crippen molar-refractivity contribution in [2.75, 3.05) is 32.8 Å². The van der Waals surface area contributed by atoms with Crippen LogP contribution in [0.3, 0.4) is 0 Å². The van der Waals surface area contributed by atoms with Crippen LogP contribution >= 0.6 is 15.9 Å². The number of para-hydroxylation sites is 1. The van der Waals surface area contributed by atoms with E-state index in [9.17, 15) is 9.90 Å². The highest BCUT2D eigenvalue weighted by atomic mass is 79.9. The molecule has 2 saturated heterocycles. The summed E-state index contributed by atoms with van der Waals surface area (Å²) in [6.07, 6.45) is 0. The van der Waals surface area contributed by atoms with Crippen LogP contribution in [-0.2, 0) is 9.63 Å². The Kier molecular flexibility index (Phi) is 4.38.